The highest BCUT2D eigenvalue weighted by Crippen LogP contribution is 2.27. The Labute approximate surface area is 132 Å². The molecule has 1 N–H and O–H groups in total. The van der Waals surface area contributed by atoms with E-state index in [2.05, 4.69) is 35.9 Å². The van der Waals surface area contributed by atoms with Crippen molar-refractivity contribution < 1.29 is 0 Å². The van der Waals surface area contributed by atoms with E-state index < -0.39 is 0 Å². The van der Waals surface area contributed by atoms with E-state index in [9.17, 15) is 0 Å². The van der Waals surface area contributed by atoms with Crippen LogP contribution in [0.15, 0.2) is 0 Å². The summed E-state index contributed by atoms with van der Waals surface area (Å²) in [6.07, 6.45) is 8.32. The van der Waals surface area contributed by atoms with Gasteiger partial charge in [0, 0.05) is 25.7 Å². The Hall–Kier alpha value is -0.120. The number of nitrogens with zero attached hydrogens (tertiary/aromatic N) is 2. The average Bonchev–Trinajstić information content (AvgIpc) is 2.94. The van der Waals surface area contributed by atoms with Crippen LogP contribution in [0, 0.1) is 5.41 Å². The topological polar surface area (TPSA) is 18.5 Å². The number of hydrogen-bond donors (Lipinski definition) is 1. The average molecular weight is 296 g/mol. The Kier molecular flexibility index (Phi) is 6.97. The standard InChI is InChI=1S/C18H37N3/c1-4-10-18(3,15-19-5-2)16-20-13-9-17(14-20)21-11-7-6-8-12-21/h17,19H,4-16H2,1-3H3. The van der Waals surface area contributed by atoms with E-state index >= 15 is 0 Å². The van der Waals surface area contributed by atoms with Crippen molar-refractivity contribution in [3.05, 3.63) is 0 Å². The molecule has 0 saturated carbocycles. The van der Waals surface area contributed by atoms with Gasteiger partial charge in [-0.2, -0.15) is 0 Å². The van der Waals surface area contributed by atoms with E-state index in [1.54, 1.807) is 0 Å². The van der Waals surface area contributed by atoms with Crippen molar-refractivity contribution >= 4 is 0 Å². The van der Waals surface area contributed by atoms with Crippen LogP contribution in [0.25, 0.3) is 0 Å². The van der Waals surface area contributed by atoms with Crippen LogP contribution in [-0.4, -0.2) is 61.7 Å². The first-order valence-electron chi connectivity index (χ1n) is 9.34. The molecule has 2 heterocycles. The van der Waals surface area contributed by atoms with Crippen LogP contribution in [0.4, 0.5) is 0 Å². The number of rotatable bonds is 8. The number of nitrogens with one attached hydrogen (secondary N) is 1. The zero-order valence-corrected chi connectivity index (χ0v) is 14.7. The summed E-state index contributed by atoms with van der Waals surface area (Å²) in [7, 11) is 0. The molecule has 2 aliphatic heterocycles. The number of piperidine rings is 1. The Morgan fingerprint density at radius 1 is 1.10 bits per heavy atom. The molecule has 2 atom stereocenters. The van der Waals surface area contributed by atoms with Gasteiger partial charge in [0.05, 0.1) is 0 Å². The minimum Gasteiger partial charge on any atom is -0.316 e. The fourth-order valence-corrected chi connectivity index (χ4v) is 4.33. The van der Waals surface area contributed by atoms with Crippen LogP contribution in [-0.2, 0) is 0 Å². The first-order chi connectivity index (χ1) is 10.2. The Morgan fingerprint density at radius 2 is 1.86 bits per heavy atom. The van der Waals surface area contributed by atoms with Gasteiger partial charge in [0.1, 0.15) is 0 Å². The monoisotopic (exact) mass is 295 g/mol. The van der Waals surface area contributed by atoms with Gasteiger partial charge in [0.2, 0.25) is 0 Å². The summed E-state index contributed by atoms with van der Waals surface area (Å²) in [5.41, 5.74) is 0.446. The minimum atomic E-state index is 0.446. The largest absolute Gasteiger partial charge is 0.316 e. The predicted octanol–water partition coefficient (Wildman–Crippen LogP) is 2.96. The maximum atomic E-state index is 3.59. The summed E-state index contributed by atoms with van der Waals surface area (Å²) in [5.74, 6) is 0. The lowest BCUT2D eigenvalue weighted by Gasteiger charge is -2.35. The molecule has 0 bridgehead atoms. The zero-order valence-electron chi connectivity index (χ0n) is 14.7. The molecule has 2 aliphatic rings. The van der Waals surface area contributed by atoms with Crippen LogP contribution in [0.1, 0.15) is 59.3 Å². The molecule has 2 rings (SSSR count). The molecular weight excluding hydrogens is 258 g/mol. The van der Waals surface area contributed by atoms with E-state index in [4.69, 9.17) is 0 Å². The Bertz CT molecular complexity index is 288. The van der Waals surface area contributed by atoms with Gasteiger partial charge in [-0.15, -0.1) is 0 Å². The molecular formula is C18H37N3. The van der Waals surface area contributed by atoms with Crippen LogP contribution < -0.4 is 5.32 Å². The first kappa shape index (κ1) is 17.2. The van der Waals surface area contributed by atoms with Gasteiger partial charge in [0.15, 0.2) is 0 Å². The Morgan fingerprint density at radius 3 is 2.52 bits per heavy atom. The highest BCUT2D eigenvalue weighted by molar-refractivity contribution is 4.89. The second kappa shape index (κ2) is 8.50. The van der Waals surface area contributed by atoms with Crippen molar-refractivity contribution in [2.24, 2.45) is 5.41 Å². The van der Waals surface area contributed by atoms with Gasteiger partial charge in [-0.1, -0.05) is 33.6 Å². The summed E-state index contributed by atoms with van der Waals surface area (Å²) < 4.78 is 0. The molecule has 0 spiro atoms. The highest BCUT2D eigenvalue weighted by atomic mass is 15.3. The number of hydrogen-bond acceptors (Lipinski definition) is 3. The Balaban J connectivity index is 1.81. The van der Waals surface area contributed by atoms with Crippen molar-refractivity contribution in [3.8, 4) is 0 Å². The van der Waals surface area contributed by atoms with Crippen LogP contribution >= 0.6 is 0 Å². The normalized spacial score (nSPS) is 27.9. The lowest BCUT2D eigenvalue weighted by molar-refractivity contribution is 0.139. The molecule has 0 radical (unpaired) electrons. The van der Waals surface area contributed by atoms with Gasteiger partial charge in [0.25, 0.3) is 0 Å². The third-order valence-electron chi connectivity index (χ3n) is 5.42. The van der Waals surface area contributed by atoms with Crippen LogP contribution in [0.2, 0.25) is 0 Å². The molecule has 0 aromatic carbocycles. The van der Waals surface area contributed by atoms with E-state index in [0.717, 1.165) is 12.6 Å². The predicted molar refractivity (Wildman–Crippen MR) is 91.8 cm³/mol. The second-order valence-electron chi connectivity index (χ2n) is 7.62. The fourth-order valence-electron chi connectivity index (χ4n) is 4.33. The molecule has 0 aromatic rings. The maximum Gasteiger partial charge on any atom is 0.0235 e. The lowest BCUT2D eigenvalue weighted by atomic mass is 9.85. The quantitative estimate of drug-likeness (QED) is 0.743. The molecule has 3 nitrogen and oxygen atoms in total. The summed E-state index contributed by atoms with van der Waals surface area (Å²) in [4.78, 5) is 5.51. The molecule has 0 aliphatic carbocycles. The highest BCUT2D eigenvalue weighted by Gasteiger charge is 2.32. The van der Waals surface area contributed by atoms with Gasteiger partial charge >= 0.3 is 0 Å². The van der Waals surface area contributed by atoms with Gasteiger partial charge in [-0.05, 0) is 57.3 Å². The molecule has 21 heavy (non-hydrogen) atoms. The summed E-state index contributed by atoms with van der Waals surface area (Å²) in [6, 6.07) is 0.843. The first-order valence-corrected chi connectivity index (χ1v) is 9.34. The van der Waals surface area contributed by atoms with Gasteiger partial charge in [-0.25, -0.2) is 0 Å². The van der Waals surface area contributed by atoms with E-state index in [0.29, 0.717) is 5.41 Å². The zero-order chi connectivity index (χ0) is 15.1. The van der Waals surface area contributed by atoms with Crippen molar-refractivity contribution in [3.63, 3.8) is 0 Å². The van der Waals surface area contributed by atoms with E-state index in [1.807, 2.05) is 0 Å². The summed E-state index contributed by atoms with van der Waals surface area (Å²) in [5, 5.41) is 3.59. The fraction of sp³-hybridized carbons (Fsp3) is 1.00. The van der Waals surface area contributed by atoms with Crippen molar-refractivity contribution in [2.75, 3.05) is 45.8 Å². The SMILES string of the molecule is CCCC(C)(CNCC)CN1CCC(N2CCCCC2)C1. The smallest absolute Gasteiger partial charge is 0.0235 e. The molecule has 2 unspecified atom stereocenters. The van der Waals surface area contributed by atoms with Gasteiger partial charge < -0.3 is 10.2 Å². The molecule has 0 amide bonds. The minimum absolute atomic E-state index is 0.446. The molecule has 0 aromatic heterocycles. The third kappa shape index (κ3) is 5.22. The summed E-state index contributed by atoms with van der Waals surface area (Å²) in [6.45, 7) is 15.9. The molecule has 2 saturated heterocycles. The second-order valence-corrected chi connectivity index (χ2v) is 7.62. The van der Waals surface area contributed by atoms with Crippen molar-refractivity contribution in [2.45, 2.75) is 65.3 Å². The third-order valence-corrected chi connectivity index (χ3v) is 5.42. The maximum absolute atomic E-state index is 3.59. The van der Waals surface area contributed by atoms with E-state index in [-0.39, 0.29) is 0 Å². The van der Waals surface area contributed by atoms with Crippen molar-refractivity contribution in [1.82, 2.24) is 15.1 Å². The van der Waals surface area contributed by atoms with Crippen LogP contribution in [0.3, 0.4) is 0 Å². The number of likely N-dealkylation sites (tertiary alicyclic amines) is 2. The lowest BCUT2D eigenvalue weighted by Crippen LogP contribution is -2.44. The van der Waals surface area contributed by atoms with Crippen molar-refractivity contribution in [1.29, 1.82) is 0 Å². The van der Waals surface area contributed by atoms with Gasteiger partial charge in [-0.3, -0.25) is 4.90 Å². The van der Waals surface area contributed by atoms with Crippen LogP contribution in [0.5, 0.6) is 0 Å². The molecule has 3 heteroatoms. The molecule has 124 valence electrons. The summed E-state index contributed by atoms with van der Waals surface area (Å²) >= 11 is 0. The molecule has 2 fully saturated rings. The van der Waals surface area contributed by atoms with E-state index in [1.165, 1.54) is 77.8 Å².